The van der Waals surface area contributed by atoms with Crippen molar-refractivity contribution in [3.05, 3.63) is 41.5 Å². The number of likely N-dealkylation sites (tertiary alicyclic amines) is 2. The molecule has 1 aromatic rings. The molecule has 0 radical (unpaired) electrons. The van der Waals surface area contributed by atoms with Crippen molar-refractivity contribution >= 4 is 11.9 Å². The van der Waals surface area contributed by atoms with Crippen molar-refractivity contribution in [1.82, 2.24) is 9.80 Å². The predicted octanol–water partition coefficient (Wildman–Crippen LogP) is 2.85. The average Bonchev–Trinajstić information content (AvgIpc) is 2.98. The Balaban J connectivity index is 1.77. The predicted molar refractivity (Wildman–Crippen MR) is 112 cm³/mol. The molecule has 6 nitrogen and oxygen atoms in total. The summed E-state index contributed by atoms with van der Waals surface area (Å²) in [5.74, 6) is 0.261. The minimum atomic E-state index is -0.459. The zero-order valence-corrected chi connectivity index (χ0v) is 18.0. The van der Waals surface area contributed by atoms with E-state index >= 15 is 0 Å². The molecule has 29 heavy (non-hydrogen) atoms. The van der Waals surface area contributed by atoms with E-state index in [0.29, 0.717) is 6.54 Å². The van der Waals surface area contributed by atoms with Gasteiger partial charge in [0.15, 0.2) is 0 Å². The molecule has 2 aliphatic heterocycles. The Morgan fingerprint density at radius 3 is 2.52 bits per heavy atom. The number of aryl methyl sites for hydroxylation is 2. The minimum absolute atomic E-state index is 0.0235. The number of benzene rings is 1. The Bertz CT molecular complexity index is 796. The summed E-state index contributed by atoms with van der Waals surface area (Å²) in [4.78, 5) is 29.3. The van der Waals surface area contributed by atoms with Crippen molar-refractivity contribution in [3.8, 4) is 5.75 Å². The largest absolute Gasteiger partial charge is 0.496 e. The lowest BCUT2D eigenvalue weighted by Crippen LogP contribution is -2.57. The summed E-state index contributed by atoms with van der Waals surface area (Å²) in [5.41, 5.74) is 3.17. The SMILES string of the molecule is C=CCN1C(=O)CC(C(=O)OC)C12CCN(Cc1cc(C)c(OC)cc1C)CC2. The molecule has 158 valence electrons. The smallest absolute Gasteiger partial charge is 0.311 e. The third kappa shape index (κ3) is 3.90. The number of ether oxygens (including phenoxy) is 2. The van der Waals surface area contributed by atoms with Gasteiger partial charge in [0, 0.05) is 32.6 Å². The van der Waals surface area contributed by atoms with Crippen LogP contribution in [-0.2, 0) is 20.9 Å². The molecule has 0 aliphatic carbocycles. The highest BCUT2D eigenvalue weighted by atomic mass is 16.5. The number of piperidine rings is 1. The van der Waals surface area contributed by atoms with Crippen molar-refractivity contribution in [2.45, 2.75) is 45.2 Å². The molecule has 1 unspecified atom stereocenters. The van der Waals surface area contributed by atoms with E-state index in [2.05, 4.69) is 37.5 Å². The van der Waals surface area contributed by atoms with E-state index in [0.717, 1.165) is 43.8 Å². The fraction of sp³-hybridized carbons (Fsp3) is 0.565. The highest BCUT2D eigenvalue weighted by Gasteiger charge is 2.56. The van der Waals surface area contributed by atoms with E-state index in [1.807, 2.05) is 4.90 Å². The molecule has 2 aliphatic rings. The molecule has 2 fully saturated rings. The summed E-state index contributed by atoms with van der Waals surface area (Å²) < 4.78 is 10.5. The summed E-state index contributed by atoms with van der Waals surface area (Å²) in [6.07, 6.45) is 3.51. The minimum Gasteiger partial charge on any atom is -0.496 e. The normalized spacial score (nSPS) is 21.4. The summed E-state index contributed by atoms with van der Waals surface area (Å²) >= 11 is 0. The van der Waals surface area contributed by atoms with Gasteiger partial charge in [0.05, 0.1) is 25.7 Å². The van der Waals surface area contributed by atoms with Gasteiger partial charge in [-0.2, -0.15) is 0 Å². The van der Waals surface area contributed by atoms with Crippen LogP contribution < -0.4 is 4.74 Å². The van der Waals surface area contributed by atoms with Gasteiger partial charge in [-0.1, -0.05) is 12.1 Å². The summed E-state index contributed by atoms with van der Waals surface area (Å²) in [6, 6.07) is 4.28. The van der Waals surface area contributed by atoms with Gasteiger partial charge in [-0.05, 0) is 49.4 Å². The topological polar surface area (TPSA) is 59.1 Å². The van der Waals surface area contributed by atoms with E-state index in [9.17, 15) is 9.59 Å². The van der Waals surface area contributed by atoms with E-state index in [1.54, 1.807) is 13.2 Å². The second-order valence-corrected chi connectivity index (χ2v) is 8.20. The van der Waals surface area contributed by atoms with Crippen LogP contribution in [0.1, 0.15) is 36.0 Å². The maximum atomic E-state index is 12.6. The molecule has 0 N–H and O–H groups in total. The van der Waals surface area contributed by atoms with E-state index in [4.69, 9.17) is 9.47 Å². The van der Waals surface area contributed by atoms with Gasteiger partial charge in [-0.25, -0.2) is 0 Å². The number of amides is 1. The number of carbonyl (C=O) groups excluding carboxylic acids is 2. The van der Waals surface area contributed by atoms with Crippen LogP contribution in [0.3, 0.4) is 0 Å². The van der Waals surface area contributed by atoms with E-state index in [-0.39, 0.29) is 18.3 Å². The highest BCUT2D eigenvalue weighted by molar-refractivity contribution is 5.89. The maximum Gasteiger partial charge on any atom is 0.311 e. The molecule has 0 saturated carbocycles. The second-order valence-electron chi connectivity index (χ2n) is 8.20. The summed E-state index contributed by atoms with van der Waals surface area (Å²) in [7, 11) is 3.10. The van der Waals surface area contributed by atoms with Crippen molar-refractivity contribution in [3.63, 3.8) is 0 Å². The molecular weight excluding hydrogens is 368 g/mol. The number of carbonyl (C=O) groups is 2. The van der Waals surface area contributed by atoms with Crippen LogP contribution in [0.5, 0.6) is 5.75 Å². The molecule has 1 atom stereocenters. The first-order valence-corrected chi connectivity index (χ1v) is 10.2. The number of rotatable bonds is 6. The Kier molecular flexibility index (Phi) is 6.32. The molecule has 1 aromatic carbocycles. The average molecular weight is 401 g/mol. The summed E-state index contributed by atoms with van der Waals surface area (Å²) in [6.45, 7) is 11.0. The lowest BCUT2D eigenvalue weighted by Gasteiger charge is -2.47. The van der Waals surface area contributed by atoms with Crippen LogP contribution in [0.2, 0.25) is 0 Å². The number of nitrogens with zero attached hydrogens (tertiary/aromatic N) is 2. The van der Waals surface area contributed by atoms with Gasteiger partial charge < -0.3 is 14.4 Å². The Hall–Kier alpha value is -2.34. The Labute approximate surface area is 173 Å². The van der Waals surface area contributed by atoms with Gasteiger partial charge in [-0.3, -0.25) is 14.5 Å². The van der Waals surface area contributed by atoms with Crippen LogP contribution >= 0.6 is 0 Å². The first-order chi connectivity index (χ1) is 13.9. The van der Waals surface area contributed by atoms with Crippen molar-refractivity contribution < 1.29 is 19.1 Å². The quantitative estimate of drug-likeness (QED) is 0.543. The third-order valence-corrected chi connectivity index (χ3v) is 6.63. The van der Waals surface area contributed by atoms with Gasteiger partial charge in [0.2, 0.25) is 5.91 Å². The standard InChI is InChI=1S/C23H32N2O4/c1-6-9-25-21(26)14-19(22(27)29-5)23(25)7-10-24(11-8-23)15-18-12-17(3)20(28-4)13-16(18)2/h6,12-13,19H,1,7-11,14-15H2,2-5H3. The number of esters is 1. The van der Waals surface area contributed by atoms with Crippen LogP contribution in [-0.4, -0.2) is 61.1 Å². The van der Waals surface area contributed by atoms with Crippen LogP contribution in [0, 0.1) is 19.8 Å². The fourth-order valence-electron chi connectivity index (χ4n) is 4.97. The lowest BCUT2D eigenvalue weighted by molar-refractivity contribution is -0.150. The zero-order valence-electron chi connectivity index (χ0n) is 18.0. The lowest BCUT2D eigenvalue weighted by atomic mass is 9.76. The molecule has 1 spiro atoms. The second kappa shape index (κ2) is 8.57. The molecule has 6 heteroatoms. The Morgan fingerprint density at radius 1 is 1.24 bits per heavy atom. The van der Waals surface area contributed by atoms with E-state index < -0.39 is 11.5 Å². The molecular formula is C23H32N2O4. The molecule has 0 aromatic heterocycles. The van der Waals surface area contributed by atoms with Crippen LogP contribution in [0.25, 0.3) is 0 Å². The van der Waals surface area contributed by atoms with E-state index in [1.165, 1.54) is 18.2 Å². The number of methoxy groups -OCH3 is 2. The van der Waals surface area contributed by atoms with Crippen molar-refractivity contribution in [2.75, 3.05) is 33.9 Å². The van der Waals surface area contributed by atoms with Gasteiger partial charge in [0.1, 0.15) is 5.75 Å². The van der Waals surface area contributed by atoms with Gasteiger partial charge >= 0.3 is 5.97 Å². The fourth-order valence-corrected chi connectivity index (χ4v) is 4.97. The molecule has 0 bridgehead atoms. The van der Waals surface area contributed by atoms with Gasteiger partial charge in [0.25, 0.3) is 0 Å². The van der Waals surface area contributed by atoms with Crippen molar-refractivity contribution in [2.24, 2.45) is 5.92 Å². The molecule has 1 amide bonds. The monoisotopic (exact) mass is 400 g/mol. The number of hydrogen-bond acceptors (Lipinski definition) is 5. The molecule has 2 saturated heterocycles. The molecule has 2 heterocycles. The van der Waals surface area contributed by atoms with Crippen LogP contribution in [0.15, 0.2) is 24.8 Å². The first-order valence-electron chi connectivity index (χ1n) is 10.2. The van der Waals surface area contributed by atoms with Crippen molar-refractivity contribution in [1.29, 1.82) is 0 Å². The molecule has 3 rings (SSSR count). The van der Waals surface area contributed by atoms with Gasteiger partial charge in [-0.15, -0.1) is 6.58 Å². The summed E-state index contributed by atoms with van der Waals surface area (Å²) in [5, 5.41) is 0. The highest BCUT2D eigenvalue weighted by Crippen LogP contribution is 2.44. The maximum absolute atomic E-state index is 12.6. The zero-order chi connectivity index (χ0) is 21.2. The Morgan fingerprint density at radius 2 is 1.93 bits per heavy atom. The number of hydrogen-bond donors (Lipinski definition) is 0. The third-order valence-electron chi connectivity index (χ3n) is 6.63. The van der Waals surface area contributed by atoms with Crippen LogP contribution in [0.4, 0.5) is 0 Å². The first kappa shape index (κ1) is 21.4.